The Hall–Kier alpha value is -2.24. The van der Waals surface area contributed by atoms with Crippen molar-refractivity contribution in [1.29, 1.82) is 0 Å². The van der Waals surface area contributed by atoms with Crippen LogP contribution in [0.5, 0.6) is 6.01 Å². The molecule has 0 bridgehead atoms. The van der Waals surface area contributed by atoms with E-state index in [0.29, 0.717) is 36.1 Å². The van der Waals surface area contributed by atoms with Gasteiger partial charge in [-0.25, -0.2) is 4.39 Å². The lowest BCUT2D eigenvalue weighted by Crippen LogP contribution is -2.08. The van der Waals surface area contributed by atoms with Crippen LogP contribution < -0.4 is 10.1 Å². The minimum Gasteiger partial charge on any atom is -0.464 e. The third-order valence-corrected chi connectivity index (χ3v) is 2.73. The van der Waals surface area contributed by atoms with Crippen molar-refractivity contribution in [2.24, 2.45) is 0 Å². The van der Waals surface area contributed by atoms with Crippen LogP contribution in [0.1, 0.15) is 19.4 Å². The van der Waals surface area contributed by atoms with Crippen molar-refractivity contribution >= 4 is 5.95 Å². The fourth-order valence-electron chi connectivity index (χ4n) is 1.76. The molecular weight excluding hydrogens is 259 g/mol. The molecule has 20 heavy (non-hydrogen) atoms. The zero-order valence-corrected chi connectivity index (χ0v) is 11.8. The molecule has 0 atom stereocenters. The number of hydrogen-bond donors (Lipinski definition) is 1. The number of aromatic nitrogens is 3. The molecule has 0 unspecified atom stereocenters. The molecule has 1 aromatic carbocycles. The topological polar surface area (TPSA) is 59.9 Å². The minimum atomic E-state index is -0.286. The summed E-state index contributed by atoms with van der Waals surface area (Å²) in [5, 5.41) is 3.01. The normalized spacial score (nSPS) is 10.4. The number of nitrogens with zero attached hydrogens (tertiary/aromatic N) is 3. The summed E-state index contributed by atoms with van der Waals surface area (Å²) < 4.78 is 19.0. The van der Waals surface area contributed by atoms with Crippen molar-refractivity contribution in [3.63, 3.8) is 0 Å². The number of ether oxygens (including phenoxy) is 1. The molecule has 0 fully saturated rings. The van der Waals surface area contributed by atoms with Crippen molar-refractivity contribution < 1.29 is 9.13 Å². The third-order valence-electron chi connectivity index (χ3n) is 2.73. The van der Waals surface area contributed by atoms with Gasteiger partial charge in [-0.1, -0.05) is 12.1 Å². The summed E-state index contributed by atoms with van der Waals surface area (Å²) in [6.07, 6.45) is 0. The fraction of sp³-hybridized carbons (Fsp3) is 0.357. The van der Waals surface area contributed by atoms with Crippen LogP contribution in [0.2, 0.25) is 0 Å². The Bertz CT molecular complexity index is 579. The Balaban J connectivity index is 2.51. The molecule has 0 radical (unpaired) electrons. The SMILES string of the molecule is CCNc1nc(OCC)nc(-c2cccc(F)c2C)n1. The molecule has 106 valence electrons. The number of rotatable bonds is 5. The molecule has 0 aliphatic heterocycles. The van der Waals surface area contributed by atoms with E-state index in [1.165, 1.54) is 6.07 Å². The highest BCUT2D eigenvalue weighted by Gasteiger charge is 2.12. The maximum Gasteiger partial charge on any atom is 0.321 e. The van der Waals surface area contributed by atoms with E-state index >= 15 is 0 Å². The molecule has 0 amide bonds. The van der Waals surface area contributed by atoms with Crippen LogP contribution in [-0.2, 0) is 0 Å². The maximum atomic E-state index is 13.6. The zero-order valence-electron chi connectivity index (χ0n) is 11.8. The third kappa shape index (κ3) is 3.01. The van der Waals surface area contributed by atoms with Gasteiger partial charge >= 0.3 is 6.01 Å². The molecular formula is C14H17FN4O. The lowest BCUT2D eigenvalue weighted by atomic mass is 10.1. The second-order valence-corrected chi connectivity index (χ2v) is 4.14. The number of halogens is 1. The molecule has 0 saturated heterocycles. The largest absolute Gasteiger partial charge is 0.464 e. The van der Waals surface area contributed by atoms with E-state index in [2.05, 4.69) is 20.3 Å². The van der Waals surface area contributed by atoms with Gasteiger partial charge in [0.25, 0.3) is 0 Å². The molecule has 2 rings (SSSR count). The Labute approximate surface area is 117 Å². The summed E-state index contributed by atoms with van der Waals surface area (Å²) in [7, 11) is 0. The van der Waals surface area contributed by atoms with Crippen LogP contribution in [0.25, 0.3) is 11.4 Å². The van der Waals surface area contributed by atoms with Gasteiger partial charge in [0.2, 0.25) is 5.95 Å². The summed E-state index contributed by atoms with van der Waals surface area (Å²) in [4.78, 5) is 12.7. The average molecular weight is 276 g/mol. The fourth-order valence-corrected chi connectivity index (χ4v) is 1.76. The van der Waals surface area contributed by atoms with Crippen molar-refractivity contribution in [3.8, 4) is 17.4 Å². The molecule has 0 spiro atoms. The molecule has 0 aliphatic carbocycles. The summed E-state index contributed by atoms with van der Waals surface area (Å²) in [5.41, 5.74) is 1.14. The number of anilines is 1. The second kappa shape index (κ2) is 6.27. The Morgan fingerprint density at radius 1 is 1.20 bits per heavy atom. The zero-order chi connectivity index (χ0) is 14.5. The van der Waals surface area contributed by atoms with Crippen LogP contribution in [0.15, 0.2) is 18.2 Å². The maximum absolute atomic E-state index is 13.6. The van der Waals surface area contributed by atoms with E-state index in [9.17, 15) is 4.39 Å². The predicted octanol–water partition coefficient (Wildman–Crippen LogP) is 2.82. The highest BCUT2D eigenvalue weighted by molar-refractivity contribution is 5.61. The first kappa shape index (κ1) is 14.2. The van der Waals surface area contributed by atoms with Crippen LogP contribution in [0.4, 0.5) is 10.3 Å². The highest BCUT2D eigenvalue weighted by Crippen LogP contribution is 2.24. The quantitative estimate of drug-likeness (QED) is 0.910. The van der Waals surface area contributed by atoms with Crippen molar-refractivity contribution in [2.75, 3.05) is 18.5 Å². The monoisotopic (exact) mass is 276 g/mol. The van der Waals surface area contributed by atoms with Gasteiger partial charge in [-0.15, -0.1) is 0 Å². The lowest BCUT2D eigenvalue weighted by molar-refractivity contribution is 0.312. The van der Waals surface area contributed by atoms with Gasteiger partial charge in [0.05, 0.1) is 6.61 Å². The Morgan fingerprint density at radius 2 is 2.00 bits per heavy atom. The van der Waals surface area contributed by atoms with E-state index in [4.69, 9.17) is 4.74 Å². The average Bonchev–Trinajstić information content (AvgIpc) is 2.42. The minimum absolute atomic E-state index is 0.233. The van der Waals surface area contributed by atoms with E-state index in [-0.39, 0.29) is 11.8 Å². The van der Waals surface area contributed by atoms with Crippen molar-refractivity contribution in [3.05, 3.63) is 29.6 Å². The number of nitrogens with one attached hydrogen (secondary N) is 1. The second-order valence-electron chi connectivity index (χ2n) is 4.14. The number of benzene rings is 1. The van der Waals surface area contributed by atoms with E-state index in [1.807, 2.05) is 13.8 Å². The molecule has 0 saturated carbocycles. The summed E-state index contributed by atoms with van der Waals surface area (Å²) in [5.74, 6) is 0.534. The highest BCUT2D eigenvalue weighted by atomic mass is 19.1. The Morgan fingerprint density at radius 3 is 2.70 bits per heavy atom. The molecule has 1 N–H and O–H groups in total. The first-order valence-corrected chi connectivity index (χ1v) is 6.54. The van der Waals surface area contributed by atoms with Gasteiger partial charge in [-0.2, -0.15) is 15.0 Å². The summed E-state index contributed by atoms with van der Waals surface area (Å²) >= 11 is 0. The summed E-state index contributed by atoms with van der Waals surface area (Å²) in [6.45, 7) is 6.62. The molecule has 0 aliphatic rings. The van der Waals surface area contributed by atoms with Crippen LogP contribution >= 0.6 is 0 Å². The van der Waals surface area contributed by atoms with Gasteiger partial charge in [0.15, 0.2) is 5.82 Å². The predicted molar refractivity (Wildman–Crippen MR) is 75.3 cm³/mol. The Kier molecular flexibility index (Phi) is 4.45. The van der Waals surface area contributed by atoms with Gasteiger partial charge < -0.3 is 10.1 Å². The van der Waals surface area contributed by atoms with Crippen molar-refractivity contribution in [1.82, 2.24) is 15.0 Å². The molecule has 6 heteroatoms. The van der Waals surface area contributed by atoms with Gasteiger partial charge in [0, 0.05) is 12.1 Å². The van der Waals surface area contributed by atoms with Crippen LogP contribution in [-0.4, -0.2) is 28.1 Å². The van der Waals surface area contributed by atoms with Gasteiger partial charge in [-0.3, -0.25) is 0 Å². The lowest BCUT2D eigenvalue weighted by Gasteiger charge is -2.09. The van der Waals surface area contributed by atoms with Gasteiger partial charge in [-0.05, 0) is 32.4 Å². The van der Waals surface area contributed by atoms with Gasteiger partial charge in [0.1, 0.15) is 5.82 Å². The molecule has 2 aromatic rings. The van der Waals surface area contributed by atoms with E-state index in [0.717, 1.165) is 0 Å². The molecule has 5 nitrogen and oxygen atoms in total. The first-order valence-electron chi connectivity index (χ1n) is 6.54. The van der Waals surface area contributed by atoms with E-state index in [1.54, 1.807) is 19.1 Å². The molecule has 1 heterocycles. The van der Waals surface area contributed by atoms with Crippen LogP contribution in [0, 0.1) is 12.7 Å². The van der Waals surface area contributed by atoms with Crippen molar-refractivity contribution in [2.45, 2.75) is 20.8 Å². The number of hydrogen-bond acceptors (Lipinski definition) is 5. The smallest absolute Gasteiger partial charge is 0.321 e. The van der Waals surface area contributed by atoms with Crippen LogP contribution in [0.3, 0.4) is 0 Å². The van der Waals surface area contributed by atoms with E-state index < -0.39 is 0 Å². The summed E-state index contributed by atoms with van der Waals surface area (Å²) in [6, 6.07) is 5.06. The first-order chi connectivity index (χ1) is 9.65. The standard InChI is InChI=1S/C14H17FN4O/c1-4-16-13-17-12(18-14(19-13)20-5-2)10-7-6-8-11(15)9(10)3/h6-8H,4-5H2,1-3H3,(H,16,17,18,19). The molecule has 1 aromatic heterocycles.